The number of benzene rings is 3. The Morgan fingerprint density at radius 3 is 1.32 bits per heavy atom. The lowest BCUT2D eigenvalue weighted by molar-refractivity contribution is 0.870. The second kappa shape index (κ2) is 8.54. The Kier molecular flexibility index (Phi) is 6.15. The van der Waals surface area contributed by atoms with Crippen LogP contribution in [0.5, 0.6) is 0 Å². The number of hydrogen-bond acceptors (Lipinski definition) is 0. The maximum absolute atomic E-state index is 2.60. The van der Waals surface area contributed by atoms with Gasteiger partial charge in [-0.15, -0.1) is 0 Å². The third-order valence-corrected chi connectivity index (χ3v) is 14.7. The topological polar surface area (TPSA) is 0 Å². The highest BCUT2D eigenvalue weighted by Gasteiger charge is 2.56. The molecule has 1 aliphatic rings. The first kappa shape index (κ1) is 24.5. The van der Waals surface area contributed by atoms with E-state index in [9.17, 15) is 0 Å². The molecule has 0 fully saturated rings. The summed E-state index contributed by atoms with van der Waals surface area (Å²) >= 11 is 0. The molecule has 1 unspecified atom stereocenters. The first-order valence-corrected chi connectivity index (χ1v) is 14.5. The van der Waals surface area contributed by atoms with Crippen LogP contribution in [0.1, 0.15) is 61.1 Å². The van der Waals surface area contributed by atoms with Crippen molar-refractivity contribution in [1.82, 2.24) is 0 Å². The summed E-state index contributed by atoms with van der Waals surface area (Å²) in [5.41, 5.74) is 12.8. The fourth-order valence-corrected chi connectivity index (χ4v) is 12.7. The van der Waals surface area contributed by atoms with Crippen molar-refractivity contribution >= 4 is 23.6 Å². The highest BCUT2D eigenvalue weighted by atomic mass is 28.3. The highest BCUT2D eigenvalue weighted by Crippen LogP contribution is 2.53. The quantitative estimate of drug-likeness (QED) is 0.286. The molecule has 0 amide bonds. The largest absolute Gasteiger partial charge is 0.161 e. The van der Waals surface area contributed by atoms with E-state index in [-0.39, 0.29) is 5.04 Å². The predicted octanol–water partition coefficient (Wildman–Crippen LogP) is 7.06. The Morgan fingerprint density at radius 2 is 0.971 bits per heavy atom. The van der Waals surface area contributed by atoms with Crippen LogP contribution in [0.3, 0.4) is 0 Å². The third kappa shape index (κ3) is 3.40. The van der Waals surface area contributed by atoms with Gasteiger partial charge < -0.3 is 0 Å². The number of rotatable bonds is 4. The summed E-state index contributed by atoms with van der Waals surface area (Å²) in [6.07, 6.45) is 2.60. The van der Waals surface area contributed by atoms with E-state index >= 15 is 0 Å². The number of hydrogen-bond donors (Lipinski definition) is 0. The summed E-state index contributed by atoms with van der Waals surface area (Å²) in [5, 5.41) is 4.45. The molecule has 0 bridgehead atoms. The number of aryl methyl sites for hydroxylation is 4. The molecule has 1 aliphatic carbocycles. The summed E-state index contributed by atoms with van der Waals surface area (Å²) < 4.78 is 0. The van der Waals surface area contributed by atoms with E-state index in [1.807, 2.05) is 0 Å². The van der Waals surface area contributed by atoms with Gasteiger partial charge in [-0.05, 0) is 117 Å². The Labute approximate surface area is 208 Å². The normalized spacial score (nSPS) is 18.5. The van der Waals surface area contributed by atoms with E-state index in [0.717, 1.165) is 0 Å². The van der Waals surface area contributed by atoms with Gasteiger partial charge in [-0.1, -0.05) is 78.7 Å². The molecule has 0 saturated carbocycles. The molecule has 34 heavy (non-hydrogen) atoms. The van der Waals surface area contributed by atoms with Crippen molar-refractivity contribution in [2.24, 2.45) is 0 Å². The summed E-state index contributed by atoms with van der Waals surface area (Å²) in [6.45, 7) is 23.2. The van der Waals surface area contributed by atoms with E-state index in [2.05, 4.69) is 130 Å². The second-order valence-electron chi connectivity index (χ2n) is 10.9. The van der Waals surface area contributed by atoms with Crippen LogP contribution in [0, 0.1) is 41.5 Å². The van der Waals surface area contributed by atoms with Crippen molar-refractivity contribution in [2.75, 3.05) is 0 Å². The lowest BCUT2D eigenvalue weighted by Gasteiger charge is -2.47. The molecule has 0 nitrogen and oxygen atoms in total. The zero-order valence-electron chi connectivity index (χ0n) is 22.8. The molecular weight excluding hydrogens is 424 g/mol. The van der Waals surface area contributed by atoms with Gasteiger partial charge in [0.1, 0.15) is 0 Å². The Hall–Kier alpha value is -2.64. The van der Waals surface area contributed by atoms with Gasteiger partial charge in [0.25, 0.3) is 0 Å². The molecule has 3 aromatic rings. The van der Waals surface area contributed by atoms with Gasteiger partial charge in [0.15, 0.2) is 8.07 Å². The molecule has 0 heterocycles. The average Bonchev–Trinajstić information content (AvgIpc) is 3.00. The van der Waals surface area contributed by atoms with Crippen molar-refractivity contribution in [3.05, 3.63) is 111 Å². The van der Waals surface area contributed by atoms with Gasteiger partial charge in [0.2, 0.25) is 0 Å². The van der Waals surface area contributed by atoms with Gasteiger partial charge in [-0.25, -0.2) is 0 Å². The molecule has 4 rings (SSSR count). The smallest absolute Gasteiger partial charge is 0.0730 e. The summed E-state index contributed by atoms with van der Waals surface area (Å²) in [7, 11) is -2.57. The minimum Gasteiger partial charge on any atom is -0.0730 e. The zero-order valence-corrected chi connectivity index (χ0v) is 23.8. The molecule has 176 valence electrons. The first-order chi connectivity index (χ1) is 15.9. The van der Waals surface area contributed by atoms with Gasteiger partial charge in [-0.3, -0.25) is 0 Å². The fourth-order valence-electron chi connectivity index (χ4n) is 6.32. The van der Waals surface area contributed by atoms with Crippen LogP contribution in [0.15, 0.2) is 77.4 Å². The molecule has 0 saturated heterocycles. The van der Waals surface area contributed by atoms with Crippen molar-refractivity contribution in [3.63, 3.8) is 0 Å². The molecule has 0 radical (unpaired) electrons. The molecule has 3 aromatic carbocycles. The van der Waals surface area contributed by atoms with E-state index in [1.165, 1.54) is 65.7 Å². The van der Waals surface area contributed by atoms with Crippen LogP contribution < -0.4 is 15.6 Å². The monoisotopic (exact) mass is 464 g/mol. The van der Waals surface area contributed by atoms with Crippen LogP contribution in [-0.2, 0) is 0 Å². The molecule has 1 heteroatoms. The van der Waals surface area contributed by atoms with Gasteiger partial charge in [0, 0.05) is 5.04 Å². The lowest BCUT2D eigenvalue weighted by Crippen LogP contribution is -2.73. The van der Waals surface area contributed by atoms with E-state index < -0.39 is 8.07 Å². The minimum atomic E-state index is -2.57. The summed E-state index contributed by atoms with van der Waals surface area (Å²) in [4.78, 5) is 0. The fraction of sp³-hybridized carbons (Fsp3) is 0.333. The summed E-state index contributed by atoms with van der Waals surface area (Å²) in [6, 6.07) is 21.5. The molecule has 0 aromatic heterocycles. The SMILES string of the molecule is CC1=CC(C)([Si](c2ccccc2)(c2cc(C)c(C)c(C)c2)c2cc(C)c(C)c(C)c2)C(C)=C1C. The Morgan fingerprint density at radius 1 is 0.559 bits per heavy atom. The molecule has 0 N–H and O–H groups in total. The average molecular weight is 465 g/mol. The van der Waals surface area contributed by atoms with Crippen molar-refractivity contribution in [2.45, 2.75) is 74.3 Å². The van der Waals surface area contributed by atoms with Crippen molar-refractivity contribution in [3.8, 4) is 0 Å². The van der Waals surface area contributed by atoms with Crippen molar-refractivity contribution < 1.29 is 0 Å². The minimum absolute atomic E-state index is 0.0647. The van der Waals surface area contributed by atoms with Gasteiger partial charge >= 0.3 is 0 Å². The third-order valence-electron chi connectivity index (χ3n) is 9.14. The van der Waals surface area contributed by atoms with E-state index in [1.54, 1.807) is 0 Å². The lowest BCUT2D eigenvalue weighted by atomic mass is 10.0. The second-order valence-corrected chi connectivity index (χ2v) is 15.1. The summed E-state index contributed by atoms with van der Waals surface area (Å²) in [5.74, 6) is 0. The van der Waals surface area contributed by atoms with Gasteiger partial charge in [0.05, 0.1) is 0 Å². The van der Waals surface area contributed by atoms with Crippen LogP contribution in [-0.4, -0.2) is 8.07 Å². The maximum atomic E-state index is 2.60. The van der Waals surface area contributed by atoms with Crippen LogP contribution in [0.4, 0.5) is 0 Å². The maximum Gasteiger partial charge on any atom is 0.161 e. The molecule has 0 spiro atoms. The van der Waals surface area contributed by atoms with Crippen LogP contribution in [0.2, 0.25) is 5.04 Å². The number of allylic oxidation sites excluding steroid dienone is 4. The van der Waals surface area contributed by atoms with Crippen molar-refractivity contribution in [1.29, 1.82) is 0 Å². The standard InChI is InChI=1S/C33H40Si/c1-21-16-31(17-22(2)26(21)6)34(30-14-12-11-13-15-30,32-18-23(3)27(7)24(4)19-32)33(10)20-25(5)28(8)29(33)9/h11-20H,1-10H3. The highest BCUT2D eigenvalue weighted by molar-refractivity contribution is 7.14. The Bertz CT molecular complexity index is 1230. The van der Waals surface area contributed by atoms with E-state index in [4.69, 9.17) is 0 Å². The molecular formula is C33H40Si. The Balaban J connectivity index is 2.28. The van der Waals surface area contributed by atoms with Gasteiger partial charge in [-0.2, -0.15) is 0 Å². The predicted molar refractivity (Wildman–Crippen MR) is 153 cm³/mol. The van der Waals surface area contributed by atoms with Crippen LogP contribution >= 0.6 is 0 Å². The molecule has 1 atom stereocenters. The first-order valence-electron chi connectivity index (χ1n) is 12.5. The molecule has 0 aliphatic heterocycles. The zero-order chi connectivity index (χ0) is 25.0. The van der Waals surface area contributed by atoms with E-state index in [0.29, 0.717) is 0 Å². The van der Waals surface area contributed by atoms with Crippen LogP contribution in [0.25, 0.3) is 0 Å².